The van der Waals surface area contributed by atoms with Gasteiger partial charge in [0.1, 0.15) is 0 Å². The number of aryl methyl sites for hydroxylation is 2. The number of carbonyl (C=O) groups is 1. The van der Waals surface area contributed by atoms with Gasteiger partial charge in [-0.05, 0) is 31.9 Å². The van der Waals surface area contributed by atoms with Crippen molar-refractivity contribution in [1.82, 2.24) is 15.5 Å². The Morgan fingerprint density at radius 1 is 1.33 bits per heavy atom. The van der Waals surface area contributed by atoms with Crippen LogP contribution in [-0.4, -0.2) is 42.1 Å². The Morgan fingerprint density at radius 2 is 2.17 bits per heavy atom. The summed E-state index contributed by atoms with van der Waals surface area (Å²) in [7, 11) is 1.65. The average molecular weight is 367 g/mol. The Balaban J connectivity index is 1.79. The van der Waals surface area contributed by atoms with Crippen LogP contribution in [0.5, 0.6) is 0 Å². The van der Waals surface area contributed by atoms with Crippen molar-refractivity contribution >= 4 is 39.8 Å². The first-order valence-corrected chi connectivity index (χ1v) is 9.45. The number of aromatic nitrogens is 2. The molecule has 0 saturated carbocycles. The number of nitrogens with one attached hydrogen (secondary N) is 2. The second-order valence-corrected chi connectivity index (χ2v) is 7.50. The fourth-order valence-corrected chi connectivity index (χ4v) is 3.60. The highest BCUT2D eigenvalue weighted by Gasteiger charge is 2.09. The van der Waals surface area contributed by atoms with Crippen LogP contribution in [0.4, 0.5) is 10.8 Å². The molecule has 0 unspecified atom stereocenters. The number of nitrogens with zero attached hydrogens (tertiary/aromatic N) is 2. The molecule has 2 aromatic rings. The molecule has 2 rings (SSSR count). The van der Waals surface area contributed by atoms with Gasteiger partial charge in [-0.15, -0.1) is 10.2 Å². The van der Waals surface area contributed by atoms with E-state index < -0.39 is 0 Å². The van der Waals surface area contributed by atoms with Crippen molar-refractivity contribution in [2.75, 3.05) is 31.3 Å². The van der Waals surface area contributed by atoms with Crippen molar-refractivity contribution < 1.29 is 9.53 Å². The smallest absolute Gasteiger partial charge is 0.230 e. The van der Waals surface area contributed by atoms with Crippen LogP contribution in [-0.2, 0) is 9.53 Å². The molecule has 0 bridgehead atoms. The maximum absolute atomic E-state index is 11.7. The summed E-state index contributed by atoms with van der Waals surface area (Å²) in [5, 5.41) is 15.1. The van der Waals surface area contributed by atoms with E-state index in [1.807, 2.05) is 6.07 Å². The Bertz CT molecular complexity index is 676. The molecule has 0 spiro atoms. The minimum absolute atomic E-state index is 0.00445. The lowest BCUT2D eigenvalue weighted by Crippen LogP contribution is -2.26. The SMILES string of the molecule is COCCCNC(=O)CSc1nnc(Nc2ccc(C)cc2C)s1. The molecule has 6 nitrogen and oxygen atoms in total. The molecule has 1 amide bonds. The van der Waals surface area contributed by atoms with Gasteiger partial charge in [0.2, 0.25) is 11.0 Å². The van der Waals surface area contributed by atoms with Gasteiger partial charge in [-0.1, -0.05) is 40.8 Å². The molecule has 2 N–H and O–H groups in total. The predicted octanol–water partition coefficient (Wildman–Crippen LogP) is 3.14. The number of hydrogen-bond acceptors (Lipinski definition) is 7. The zero-order chi connectivity index (χ0) is 17.4. The van der Waals surface area contributed by atoms with E-state index in [0.29, 0.717) is 18.9 Å². The monoisotopic (exact) mass is 366 g/mol. The molecule has 8 heteroatoms. The Labute approximate surface area is 150 Å². The summed E-state index contributed by atoms with van der Waals surface area (Å²) >= 11 is 2.84. The molecular formula is C16H22N4O2S2. The highest BCUT2D eigenvalue weighted by atomic mass is 32.2. The predicted molar refractivity (Wildman–Crippen MR) is 99.3 cm³/mol. The lowest BCUT2D eigenvalue weighted by molar-refractivity contribution is -0.118. The number of amides is 1. The van der Waals surface area contributed by atoms with Crippen molar-refractivity contribution in [2.45, 2.75) is 24.6 Å². The van der Waals surface area contributed by atoms with Crippen LogP contribution in [0.15, 0.2) is 22.5 Å². The van der Waals surface area contributed by atoms with E-state index in [4.69, 9.17) is 4.74 Å². The van der Waals surface area contributed by atoms with E-state index in [9.17, 15) is 4.79 Å². The van der Waals surface area contributed by atoms with Gasteiger partial charge in [0.15, 0.2) is 4.34 Å². The van der Waals surface area contributed by atoms with Gasteiger partial charge in [0.25, 0.3) is 0 Å². The van der Waals surface area contributed by atoms with E-state index >= 15 is 0 Å². The molecule has 24 heavy (non-hydrogen) atoms. The molecular weight excluding hydrogens is 344 g/mol. The standard InChI is InChI=1S/C16H22N4O2S2/c1-11-5-6-13(12(2)9-11)18-15-19-20-16(24-15)23-10-14(21)17-7-4-8-22-3/h5-6,9H,4,7-8,10H2,1-3H3,(H,17,21)(H,18,19). The molecule has 0 atom stereocenters. The van der Waals surface area contributed by atoms with Crippen molar-refractivity contribution in [3.8, 4) is 0 Å². The summed E-state index contributed by atoms with van der Waals surface area (Å²) < 4.78 is 5.71. The Morgan fingerprint density at radius 3 is 2.92 bits per heavy atom. The van der Waals surface area contributed by atoms with Gasteiger partial charge in [0.05, 0.1) is 5.75 Å². The van der Waals surface area contributed by atoms with Crippen molar-refractivity contribution in [1.29, 1.82) is 0 Å². The molecule has 0 aliphatic rings. The Kier molecular flexibility index (Phi) is 7.48. The third-order valence-electron chi connectivity index (χ3n) is 3.20. The molecule has 130 valence electrons. The van der Waals surface area contributed by atoms with Gasteiger partial charge in [0, 0.05) is 25.9 Å². The van der Waals surface area contributed by atoms with Crippen LogP contribution in [0.2, 0.25) is 0 Å². The van der Waals surface area contributed by atoms with Gasteiger partial charge in [-0.25, -0.2) is 0 Å². The first-order chi connectivity index (χ1) is 11.6. The third-order valence-corrected chi connectivity index (χ3v) is 5.18. The topological polar surface area (TPSA) is 76.1 Å². The van der Waals surface area contributed by atoms with Crippen LogP contribution in [0, 0.1) is 13.8 Å². The van der Waals surface area contributed by atoms with E-state index in [2.05, 4.69) is 46.8 Å². The summed E-state index contributed by atoms with van der Waals surface area (Å²) in [6.07, 6.45) is 0.815. The normalized spacial score (nSPS) is 10.6. The zero-order valence-electron chi connectivity index (χ0n) is 14.1. The molecule has 1 aromatic heterocycles. The zero-order valence-corrected chi connectivity index (χ0v) is 15.7. The number of methoxy groups -OCH3 is 1. The fraction of sp³-hybridized carbons (Fsp3) is 0.438. The number of thioether (sulfide) groups is 1. The van der Waals surface area contributed by atoms with E-state index in [0.717, 1.165) is 27.1 Å². The molecule has 1 aromatic carbocycles. The van der Waals surface area contributed by atoms with Crippen LogP contribution < -0.4 is 10.6 Å². The number of hydrogen-bond donors (Lipinski definition) is 2. The second-order valence-electron chi connectivity index (χ2n) is 5.30. The molecule has 1 heterocycles. The third kappa shape index (κ3) is 6.10. The Hall–Kier alpha value is -1.64. The van der Waals surface area contributed by atoms with Crippen molar-refractivity contribution in [3.63, 3.8) is 0 Å². The second kappa shape index (κ2) is 9.61. The molecule has 0 aliphatic carbocycles. The van der Waals surface area contributed by atoms with E-state index in [1.165, 1.54) is 28.7 Å². The van der Waals surface area contributed by atoms with Crippen LogP contribution >= 0.6 is 23.1 Å². The van der Waals surface area contributed by atoms with E-state index in [-0.39, 0.29) is 5.91 Å². The lowest BCUT2D eigenvalue weighted by atomic mass is 10.1. The summed E-state index contributed by atoms with van der Waals surface area (Å²) in [6.45, 7) is 5.40. The average Bonchev–Trinajstić information content (AvgIpc) is 3.00. The summed E-state index contributed by atoms with van der Waals surface area (Å²) in [4.78, 5) is 11.7. The molecule has 0 radical (unpaired) electrons. The number of ether oxygens (including phenoxy) is 1. The minimum Gasteiger partial charge on any atom is -0.385 e. The maximum Gasteiger partial charge on any atom is 0.230 e. The lowest BCUT2D eigenvalue weighted by Gasteiger charge is -2.06. The summed E-state index contributed by atoms with van der Waals surface area (Å²) in [5.41, 5.74) is 3.40. The van der Waals surface area contributed by atoms with Gasteiger partial charge in [-0.2, -0.15) is 0 Å². The number of anilines is 2. The van der Waals surface area contributed by atoms with Gasteiger partial charge >= 0.3 is 0 Å². The van der Waals surface area contributed by atoms with Gasteiger partial charge < -0.3 is 15.4 Å². The first kappa shape index (κ1) is 18.7. The fourth-order valence-electron chi connectivity index (χ4n) is 2.01. The highest BCUT2D eigenvalue weighted by molar-refractivity contribution is 8.01. The van der Waals surface area contributed by atoms with Crippen LogP contribution in [0.1, 0.15) is 17.5 Å². The maximum atomic E-state index is 11.7. The molecule has 0 aliphatic heterocycles. The minimum atomic E-state index is -0.00445. The first-order valence-electron chi connectivity index (χ1n) is 7.64. The van der Waals surface area contributed by atoms with Crippen molar-refractivity contribution in [2.24, 2.45) is 0 Å². The van der Waals surface area contributed by atoms with Crippen molar-refractivity contribution in [3.05, 3.63) is 29.3 Å². The van der Waals surface area contributed by atoms with Gasteiger partial charge in [-0.3, -0.25) is 4.79 Å². The van der Waals surface area contributed by atoms with Crippen LogP contribution in [0.25, 0.3) is 0 Å². The largest absolute Gasteiger partial charge is 0.385 e. The highest BCUT2D eigenvalue weighted by Crippen LogP contribution is 2.28. The van der Waals surface area contributed by atoms with E-state index in [1.54, 1.807) is 7.11 Å². The van der Waals surface area contributed by atoms with Crippen LogP contribution in [0.3, 0.4) is 0 Å². The number of benzene rings is 1. The number of rotatable bonds is 9. The molecule has 0 saturated heterocycles. The quantitative estimate of drug-likeness (QED) is 0.524. The number of carbonyl (C=O) groups excluding carboxylic acids is 1. The summed E-state index contributed by atoms with van der Waals surface area (Å²) in [6, 6.07) is 6.21. The summed E-state index contributed by atoms with van der Waals surface area (Å²) in [5.74, 6) is 0.334. The molecule has 0 fully saturated rings.